The fourth-order valence-electron chi connectivity index (χ4n) is 2.92. The van der Waals surface area contributed by atoms with E-state index in [-0.39, 0.29) is 5.91 Å². The molecule has 1 fully saturated rings. The molecular formula is C19H24N4O. The van der Waals surface area contributed by atoms with E-state index in [4.69, 9.17) is 0 Å². The van der Waals surface area contributed by atoms with Gasteiger partial charge in [0, 0.05) is 24.3 Å². The summed E-state index contributed by atoms with van der Waals surface area (Å²) in [7, 11) is 0. The van der Waals surface area contributed by atoms with E-state index in [9.17, 15) is 4.79 Å². The number of aryl methyl sites for hydroxylation is 3. The van der Waals surface area contributed by atoms with Crippen molar-refractivity contribution in [3.8, 4) is 0 Å². The Kier molecular flexibility index (Phi) is 4.79. The molecule has 24 heavy (non-hydrogen) atoms. The predicted molar refractivity (Wildman–Crippen MR) is 95.3 cm³/mol. The number of nitrogens with one attached hydrogen (secondary N) is 1. The molecule has 5 nitrogen and oxygen atoms in total. The summed E-state index contributed by atoms with van der Waals surface area (Å²) in [6.07, 6.45) is 2.38. The quantitative estimate of drug-likeness (QED) is 0.939. The second-order valence-corrected chi connectivity index (χ2v) is 6.48. The lowest BCUT2D eigenvalue weighted by Crippen LogP contribution is -2.25. The molecule has 1 saturated heterocycles. The van der Waals surface area contributed by atoms with Crippen molar-refractivity contribution in [2.75, 3.05) is 18.0 Å². The van der Waals surface area contributed by atoms with Crippen LogP contribution in [0.2, 0.25) is 0 Å². The van der Waals surface area contributed by atoms with E-state index < -0.39 is 0 Å². The lowest BCUT2D eigenvalue weighted by molar-refractivity contribution is 0.0950. The minimum absolute atomic E-state index is 0.0721. The zero-order valence-electron chi connectivity index (χ0n) is 14.6. The van der Waals surface area contributed by atoms with Crippen molar-refractivity contribution in [1.29, 1.82) is 0 Å². The summed E-state index contributed by atoms with van der Waals surface area (Å²) >= 11 is 0. The molecule has 0 unspecified atom stereocenters. The second-order valence-electron chi connectivity index (χ2n) is 6.48. The third kappa shape index (κ3) is 3.72. The van der Waals surface area contributed by atoms with Gasteiger partial charge in [-0.1, -0.05) is 6.07 Å². The molecule has 0 atom stereocenters. The standard InChI is InChI=1S/C19H24N4O/c1-13-6-7-16(10-14(13)2)18(24)20-12-17-11-15(3)21-19(22-17)23-8-4-5-9-23/h6-7,10-11H,4-5,8-9,12H2,1-3H3,(H,20,24). The van der Waals surface area contributed by atoms with Gasteiger partial charge >= 0.3 is 0 Å². The van der Waals surface area contributed by atoms with Crippen LogP contribution in [0.25, 0.3) is 0 Å². The van der Waals surface area contributed by atoms with Crippen LogP contribution in [-0.2, 0) is 6.54 Å². The number of carbonyl (C=O) groups is 1. The Balaban J connectivity index is 1.69. The van der Waals surface area contributed by atoms with Gasteiger partial charge in [-0.05, 0) is 62.9 Å². The molecule has 1 aliphatic rings. The molecule has 0 aliphatic carbocycles. The fourth-order valence-corrected chi connectivity index (χ4v) is 2.92. The Hall–Kier alpha value is -2.43. The first-order valence-electron chi connectivity index (χ1n) is 8.48. The number of benzene rings is 1. The van der Waals surface area contributed by atoms with Crippen LogP contribution in [0.4, 0.5) is 5.95 Å². The number of aromatic nitrogens is 2. The second kappa shape index (κ2) is 6.99. The smallest absolute Gasteiger partial charge is 0.251 e. The van der Waals surface area contributed by atoms with Gasteiger partial charge in [-0.25, -0.2) is 9.97 Å². The van der Waals surface area contributed by atoms with Crippen molar-refractivity contribution in [2.45, 2.75) is 40.2 Å². The van der Waals surface area contributed by atoms with Gasteiger partial charge in [0.2, 0.25) is 5.95 Å². The van der Waals surface area contributed by atoms with Crippen LogP contribution in [-0.4, -0.2) is 29.0 Å². The first kappa shape index (κ1) is 16.4. The number of rotatable bonds is 4. The maximum Gasteiger partial charge on any atom is 0.251 e. The molecule has 1 aromatic carbocycles. The molecule has 2 heterocycles. The van der Waals surface area contributed by atoms with Gasteiger partial charge in [0.15, 0.2) is 0 Å². The monoisotopic (exact) mass is 324 g/mol. The highest BCUT2D eigenvalue weighted by molar-refractivity contribution is 5.94. The van der Waals surface area contributed by atoms with Crippen LogP contribution in [0.3, 0.4) is 0 Å². The number of amides is 1. The normalized spacial score (nSPS) is 14.0. The third-order valence-electron chi connectivity index (χ3n) is 4.48. The van der Waals surface area contributed by atoms with Crippen molar-refractivity contribution in [3.63, 3.8) is 0 Å². The van der Waals surface area contributed by atoms with Gasteiger partial charge in [0.05, 0.1) is 12.2 Å². The van der Waals surface area contributed by atoms with Crippen molar-refractivity contribution < 1.29 is 4.79 Å². The van der Waals surface area contributed by atoms with E-state index in [1.165, 1.54) is 18.4 Å². The number of carbonyl (C=O) groups excluding carboxylic acids is 1. The summed E-state index contributed by atoms with van der Waals surface area (Å²) in [6, 6.07) is 7.69. The molecule has 2 aromatic rings. The minimum atomic E-state index is -0.0721. The van der Waals surface area contributed by atoms with Crippen molar-refractivity contribution in [2.24, 2.45) is 0 Å². The van der Waals surface area contributed by atoms with E-state index in [1.807, 2.05) is 45.0 Å². The Morgan fingerprint density at radius 1 is 1.08 bits per heavy atom. The summed E-state index contributed by atoms with van der Waals surface area (Å²) in [5.41, 5.74) is 4.78. The van der Waals surface area contributed by atoms with Gasteiger partial charge in [-0.15, -0.1) is 0 Å². The zero-order chi connectivity index (χ0) is 17.1. The molecule has 0 spiro atoms. The average molecular weight is 324 g/mol. The topological polar surface area (TPSA) is 58.1 Å². The number of nitrogens with zero attached hydrogens (tertiary/aromatic N) is 3. The maximum absolute atomic E-state index is 12.3. The Morgan fingerprint density at radius 3 is 2.54 bits per heavy atom. The number of hydrogen-bond donors (Lipinski definition) is 1. The van der Waals surface area contributed by atoms with Crippen LogP contribution in [0.1, 0.15) is 45.7 Å². The van der Waals surface area contributed by atoms with Crippen molar-refractivity contribution >= 4 is 11.9 Å². The molecular weight excluding hydrogens is 300 g/mol. The van der Waals surface area contributed by atoms with Crippen LogP contribution < -0.4 is 10.2 Å². The lowest BCUT2D eigenvalue weighted by atomic mass is 10.1. The first-order valence-corrected chi connectivity index (χ1v) is 8.48. The first-order chi connectivity index (χ1) is 11.5. The lowest BCUT2D eigenvalue weighted by Gasteiger charge is -2.16. The molecule has 0 bridgehead atoms. The fraction of sp³-hybridized carbons (Fsp3) is 0.421. The number of hydrogen-bond acceptors (Lipinski definition) is 4. The van der Waals surface area contributed by atoms with Crippen molar-refractivity contribution in [3.05, 3.63) is 52.3 Å². The zero-order valence-corrected chi connectivity index (χ0v) is 14.6. The molecule has 0 radical (unpaired) electrons. The molecule has 1 aromatic heterocycles. The maximum atomic E-state index is 12.3. The van der Waals surface area contributed by atoms with E-state index >= 15 is 0 Å². The molecule has 0 saturated carbocycles. The van der Waals surface area contributed by atoms with Gasteiger partial charge in [-0.3, -0.25) is 4.79 Å². The van der Waals surface area contributed by atoms with Crippen molar-refractivity contribution in [1.82, 2.24) is 15.3 Å². The van der Waals surface area contributed by atoms with Crippen LogP contribution >= 0.6 is 0 Å². The van der Waals surface area contributed by atoms with Crippen LogP contribution in [0.5, 0.6) is 0 Å². The summed E-state index contributed by atoms with van der Waals surface area (Å²) in [4.78, 5) is 23.7. The Labute approximate surface area is 143 Å². The molecule has 5 heteroatoms. The molecule has 1 N–H and O–H groups in total. The predicted octanol–water partition coefficient (Wildman–Crippen LogP) is 2.93. The Bertz CT molecular complexity index is 751. The highest BCUT2D eigenvalue weighted by Crippen LogP contribution is 2.17. The summed E-state index contributed by atoms with van der Waals surface area (Å²) < 4.78 is 0. The summed E-state index contributed by atoms with van der Waals surface area (Å²) in [5, 5.41) is 2.96. The van der Waals surface area contributed by atoms with Crippen LogP contribution in [0.15, 0.2) is 24.3 Å². The minimum Gasteiger partial charge on any atom is -0.346 e. The summed E-state index contributed by atoms with van der Waals surface area (Å²) in [5.74, 6) is 0.708. The highest BCUT2D eigenvalue weighted by Gasteiger charge is 2.16. The third-order valence-corrected chi connectivity index (χ3v) is 4.48. The van der Waals surface area contributed by atoms with E-state index in [0.29, 0.717) is 12.1 Å². The van der Waals surface area contributed by atoms with Crippen LogP contribution in [0, 0.1) is 20.8 Å². The molecule has 1 amide bonds. The highest BCUT2D eigenvalue weighted by atomic mass is 16.1. The molecule has 126 valence electrons. The van der Waals surface area contributed by atoms with Gasteiger partial charge in [-0.2, -0.15) is 0 Å². The number of anilines is 1. The van der Waals surface area contributed by atoms with E-state index in [0.717, 1.165) is 36.0 Å². The summed E-state index contributed by atoms with van der Waals surface area (Å²) in [6.45, 7) is 8.46. The molecule has 3 rings (SSSR count). The van der Waals surface area contributed by atoms with E-state index in [2.05, 4.69) is 20.2 Å². The Morgan fingerprint density at radius 2 is 1.83 bits per heavy atom. The van der Waals surface area contributed by atoms with Gasteiger partial charge in [0.1, 0.15) is 0 Å². The van der Waals surface area contributed by atoms with Gasteiger partial charge in [0.25, 0.3) is 5.91 Å². The largest absolute Gasteiger partial charge is 0.346 e. The van der Waals surface area contributed by atoms with E-state index in [1.54, 1.807) is 0 Å². The molecule has 1 aliphatic heterocycles. The SMILES string of the molecule is Cc1cc(CNC(=O)c2ccc(C)c(C)c2)nc(N2CCCC2)n1. The van der Waals surface area contributed by atoms with Gasteiger partial charge < -0.3 is 10.2 Å². The average Bonchev–Trinajstić information content (AvgIpc) is 3.09.